The van der Waals surface area contributed by atoms with Crippen LogP contribution in [-0.4, -0.2) is 12.6 Å². The second kappa shape index (κ2) is 7.28. The maximum Gasteiger partial charge on any atom is 0.348 e. The number of hydrogen-bond acceptors (Lipinski definition) is 3. The van der Waals surface area contributed by atoms with Gasteiger partial charge in [0.05, 0.1) is 6.61 Å². The molecule has 0 aromatic heterocycles. The van der Waals surface area contributed by atoms with Crippen molar-refractivity contribution in [2.45, 2.75) is 58.3 Å². The van der Waals surface area contributed by atoms with E-state index < -0.39 is 5.97 Å². The zero-order chi connectivity index (χ0) is 14.4. The van der Waals surface area contributed by atoms with Gasteiger partial charge in [-0.2, -0.15) is 5.26 Å². The van der Waals surface area contributed by atoms with Gasteiger partial charge in [0.1, 0.15) is 11.6 Å². The van der Waals surface area contributed by atoms with Gasteiger partial charge in [0.15, 0.2) is 0 Å². The molecule has 1 fully saturated rings. The summed E-state index contributed by atoms with van der Waals surface area (Å²) in [5.41, 5.74) is 2.75. The first-order chi connectivity index (χ1) is 9.77. The van der Waals surface area contributed by atoms with Crippen LogP contribution in [0.4, 0.5) is 0 Å². The zero-order valence-electron chi connectivity index (χ0n) is 12.3. The van der Waals surface area contributed by atoms with Crippen molar-refractivity contribution in [2.75, 3.05) is 6.61 Å². The van der Waals surface area contributed by atoms with Gasteiger partial charge in [-0.3, -0.25) is 0 Å². The fraction of sp³-hybridized carbons (Fsp3) is 0.647. The van der Waals surface area contributed by atoms with Crippen LogP contribution in [0, 0.1) is 17.2 Å². The molecule has 0 N–H and O–H groups in total. The number of carbonyl (C=O) groups is 1. The number of rotatable bonds is 3. The van der Waals surface area contributed by atoms with Gasteiger partial charge in [-0.25, -0.2) is 4.79 Å². The smallest absolute Gasteiger partial charge is 0.348 e. The summed E-state index contributed by atoms with van der Waals surface area (Å²) in [6.07, 6.45) is 11.3. The summed E-state index contributed by atoms with van der Waals surface area (Å²) >= 11 is 0. The molecule has 0 aromatic carbocycles. The number of nitriles is 1. The van der Waals surface area contributed by atoms with E-state index in [0.717, 1.165) is 37.7 Å². The molecule has 0 heterocycles. The third-order valence-electron chi connectivity index (χ3n) is 4.30. The third-order valence-corrected chi connectivity index (χ3v) is 4.30. The summed E-state index contributed by atoms with van der Waals surface area (Å²) in [5.74, 6) is -0.128. The summed E-state index contributed by atoms with van der Waals surface area (Å²) in [6.45, 7) is 2.10. The van der Waals surface area contributed by atoms with E-state index in [2.05, 4.69) is 12.1 Å². The molecule has 1 saturated carbocycles. The Bertz CT molecular complexity index is 468. The van der Waals surface area contributed by atoms with Gasteiger partial charge in [0, 0.05) is 5.92 Å². The van der Waals surface area contributed by atoms with Gasteiger partial charge >= 0.3 is 5.97 Å². The Kier molecular flexibility index (Phi) is 5.40. The standard InChI is InChI=1S/C17H23NO2/c1-2-20-17(19)16(12-18)15-11-7-6-10-14(15)13-8-4-3-5-9-13/h8,14H,2-7,9-11H2,1H3/b16-15+. The van der Waals surface area contributed by atoms with Crippen molar-refractivity contribution < 1.29 is 9.53 Å². The van der Waals surface area contributed by atoms with E-state index >= 15 is 0 Å². The summed E-state index contributed by atoms with van der Waals surface area (Å²) < 4.78 is 5.05. The Balaban J connectivity index is 2.31. The Hall–Kier alpha value is -1.56. The Morgan fingerprint density at radius 1 is 1.35 bits per heavy atom. The van der Waals surface area contributed by atoms with Gasteiger partial charge in [-0.05, 0) is 57.4 Å². The van der Waals surface area contributed by atoms with Crippen LogP contribution in [0.15, 0.2) is 22.8 Å². The molecular formula is C17H23NO2. The second-order valence-electron chi connectivity index (χ2n) is 5.56. The first-order valence-corrected chi connectivity index (χ1v) is 7.77. The molecule has 3 nitrogen and oxygen atoms in total. The highest BCUT2D eigenvalue weighted by Gasteiger charge is 2.28. The van der Waals surface area contributed by atoms with Crippen LogP contribution in [0.3, 0.4) is 0 Å². The molecule has 2 rings (SSSR count). The summed E-state index contributed by atoms with van der Waals surface area (Å²) in [5, 5.41) is 9.36. The molecular weight excluding hydrogens is 250 g/mol. The van der Waals surface area contributed by atoms with Crippen LogP contribution < -0.4 is 0 Å². The number of nitrogens with zero attached hydrogens (tertiary/aromatic N) is 1. The van der Waals surface area contributed by atoms with Crippen molar-refractivity contribution in [1.29, 1.82) is 5.26 Å². The van der Waals surface area contributed by atoms with E-state index in [1.54, 1.807) is 6.92 Å². The minimum Gasteiger partial charge on any atom is -0.462 e. The normalized spacial score (nSPS) is 25.4. The van der Waals surface area contributed by atoms with Gasteiger partial charge < -0.3 is 4.74 Å². The molecule has 2 aliphatic rings. The highest BCUT2D eigenvalue weighted by atomic mass is 16.5. The largest absolute Gasteiger partial charge is 0.462 e. The molecule has 1 unspecified atom stereocenters. The minimum atomic E-state index is -0.437. The van der Waals surface area contributed by atoms with Crippen molar-refractivity contribution in [3.8, 4) is 6.07 Å². The predicted octanol–water partition coefficient (Wildman–Crippen LogP) is 4.06. The van der Waals surface area contributed by atoms with Crippen LogP contribution in [0.5, 0.6) is 0 Å². The van der Waals surface area contributed by atoms with E-state index in [-0.39, 0.29) is 5.57 Å². The van der Waals surface area contributed by atoms with E-state index in [4.69, 9.17) is 4.74 Å². The van der Waals surface area contributed by atoms with Gasteiger partial charge in [0.2, 0.25) is 0 Å². The summed E-state index contributed by atoms with van der Waals surface area (Å²) in [6, 6.07) is 2.10. The van der Waals surface area contributed by atoms with Crippen molar-refractivity contribution in [1.82, 2.24) is 0 Å². The number of esters is 1. The number of hydrogen-bond donors (Lipinski definition) is 0. The molecule has 0 aromatic rings. The molecule has 1 atom stereocenters. The fourth-order valence-electron chi connectivity index (χ4n) is 3.35. The lowest BCUT2D eigenvalue weighted by molar-refractivity contribution is -0.138. The Labute approximate surface area is 121 Å². The topological polar surface area (TPSA) is 50.1 Å². The van der Waals surface area contributed by atoms with Crippen molar-refractivity contribution in [3.63, 3.8) is 0 Å². The molecule has 0 amide bonds. The summed E-state index contributed by atoms with van der Waals surface area (Å²) in [4.78, 5) is 12.0. The maximum absolute atomic E-state index is 12.0. The van der Waals surface area contributed by atoms with Crippen molar-refractivity contribution in [3.05, 3.63) is 22.8 Å². The quantitative estimate of drug-likeness (QED) is 0.337. The first kappa shape index (κ1) is 14.8. The lowest BCUT2D eigenvalue weighted by Crippen LogP contribution is -2.19. The number of allylic oxidation sites excluding steroid dienone is 3. The van der Waals surface area contributed by atoms with E-state index in [0.29, 0.717) is 12.5 Å². The van der Waals surface area contributed by atoms with Crippen LogP contribution in [0.1, 0.15) is 58.3 Å². The second-order valence-corrected chi connectivity index (χ2v) is 5.56. The molecule has 20 heavy (non-hydrogen) atoms. The molecule has 0 saturated heterocycles. The Morgan fingerprint density at radius 3 is 2.80 bits per heavy atom. The van der Waals surface area contributed by atoms with E-state index in [1.807, 2.05) is 0 Å². The summed E-state index contributed by atoms with van der Waals surface area (Å²) in [7, 11) is 0. The Morgan fingerprint density at radius 2 is 2.15 bits per heavy atom. The van der Waals surface area contributed by atoms with Gasteiger partial charge in [-0.15, -0.1) is 0 Å². The van der Waals surface area contributed by atoms with Gasteiger partial charge in [-0.1, -0.05) is 18.1 Å². The first-order valence-electron chi connectivity index (χ1n) is 7.77. The molecule has 108 valence electrons. The lowest BCUT2D eigenvalue weighted by atomic mass is 9.74. The number of carbonyl (C=O) groups excluding carboxylic acids is 1. The van der Waals surface area contributed by atoms with E-state index in [9.17, 15) is 10.1 Å². The molecule has 0 radical (unpaired) electrons. The minimum absolute atomic E-state index is 0.267. The lowest BCUT2D eigenvalue weighted by Gasteiger charge is -2.30. The highest BCUT2D eigenvalue weighted by Crippen LogP contribution is 2.40. The van der Waals surface area contributed by atoms with Crippen molar-refractivity contribution in [2.24, 2.45) is 5.92 Å². The highest BCUT2D eigenvalue weighted by molar-refractivity contribution is 5.93. The van der Waals surface area contributed by atoms with Crippen LogP contribution in [0.25, 0.3) is 0 Å². The molecule has 0 spiro atoms. The fourth-order valence-corrected chi connectivity index (χ4v) is 3.35. The molecule has 0 bridgehead atoms. The zero-order valence-corrected chi connectivity index (χ0v) is 12.3. The average Bonchev–Trinajstić information content (AvgIpc) is 2.50. The average molecular weight is 273 g/mol. The predicted molar refractivity (Wildman–Crippen MR) is 77.8 cm³/mol. The number of ether oxygens (including phenoxy) is 1. The van der Waals surface area contributed by atoms with Crippen molar-refractivity contribution >= 4 is 5.97 Å². The monoisotopic (exact) mass is 273 g/mol. The molecule has 2 aliphatic carbocycles. The van der Waals surface area contributed by atoms with E-state index in [1.165, 1.54) is 24.8 Å². The van der Waals surface area contributed by atoms with Crippen LogP contribution in [0.2, 0.25) is 0 Å². The van der Waals surface area contributed by atoms with Crippen LogP contribution in [-0.2, 0) is 9.53 Å². The maximum atomic E-state index is 12.0. The third kappa shape index (κ3) is 3.30. The SMILES string of the molecule is CCOC(=O)/C(C#N)=C1\CCCCC1C1=CCCCC1. The van der Waals surface area contributed by atoms with Crippen LogP contribution >= 0.6 is 0 Å². The van der Waals surface area contributed by atoms with Gasteiger partial charge in [0.25, 0.3) is 0 Å². The molecule has 0 aliphatic heterocycles. The molecule has 3 heteroatoms.